The van der Waals surface area contributed by atoms with Crippen molar-refractivity contribution in [3.63, 3.8) is 0 Å². The van der Waals surface area contributed by atoms with Crippen molar-refractivity contribution in [2.24, 2.45) is 0 Å². The Labute approximate surface area is 175 Å². The minimum atomic E-state index is 0.0291. The second-order valence-electron chi connectivity index (χ2n) is 7.07. The average molecular weight is 414 g/mol. The Morgan fingerprint density at radius 1 is 1.00 bits per heavy atom. The van der Waals surface area contributed by atoms with Crippen molar-refractivity contribution in [3.05, 3.63) is 53.2 Å². The monoisotopic (exact) mass is 413 g/mol. The van der Waals surface area contributed by atoms with E-state index in [-0.39, 0.29) is 5.91 Å². The molecule has 1 amide bonds. The van der Waals surface area contributed by atoms with Crippen molar-refractivity contribution in [1.82, 2.24) is 15.1 Å². The molecule has 0 unspecified atom stereocenters. The summed E-state index contributed by atoms with van der Waals surface area (Å²) >= 11 is 5.89. The van der Waals surface area contributed by atoms with Crippen molar-refractivity contribution in [3.8, 4) is 0 Å². The molecule has 7 nitrogen and oxygen atoms in total. The third-order valence-corrected chi connectivity index (χ3v) is 5.46. The van der Waals surface area contributed by atoms with Crippen LogP contribution in [-0.2, 0) is 9.53 Å². The van der Waals surface area contributed by atoms with E-state index in [0.717, 1.165) is 56.5 Å². The summed E-state index contributed by atoms with van der Waals surface area (Å²) in [5, 5.41) is 9.14. The van der Waals surface area contributed by atoms with Crippen LogP contribution in [0.1, 0.15) is 5.56 Å². The van der Waals surface area contributed by atoms with E-state index < -0.39 is 0 Å². The van der Waals surface area contributed by atoms with E-state index >= 15 is 0 Å². The number of carbonyl (C=O) groups is 1. The zero-order chi connectivity index (χ0) is 20.1. The molecule has 0 bridgehead atoms. The zero-order valence-electron chi connectivity index (χ0n) is 16.2. The van der Waals surface area contributed by atoms with Gasteiger partial charge in [-0.15, -0.1) is 5.10 Å². The summed E-state index contributed by atoms with van der Waals surface area (Å²) in [5.41, 5.74) is 2.00. The smallest absolute Gasteiger partial charge is 0.246 e. The third-order valence-electron chi connectivity index (χ3n) is 5.21. The Hall–Kier alpha value is -2.64. The molecule has 2 aliphatic rings. The highest BCUT2D eigenvalue weighted by Crippen LogP contribution is 2.21. The van der Waals surface area contributed by atoms with Gasteiger partial charge in [0.05, 0.1) is 25.1 Å². The first-order valence-electron chi connectivity index (χ1n) is 9.82. The molecule has 152 valence electrons. The lowest BCUT2D eigenvalue weighted by Crippen LogP contribution is -2.48. The number of nitrogens with zero attached hydrogens (tertiary/aromatic N) is 5. The van der Waals surface area contributed by atoms with Crippen LogP contribution in [0.25, 0.3) is 6.08 Å². The maximum absolute atomic E-state index is 12.5. The number of amides is 1. The highest BCUT2D eigenvalue weighted by molar-refractivity contribution is 6.30. The van der Waals surface area contributed by atoms with Crippen LogP contribution in [0, 0.1) is 0 Å². The molecule has 2 saturated heterocycles. The summed E-state index contributed by atoms with van der Waals surface area (Å²) < 4.78 is 5.41. The lowest BCUT2D eigenvalue weighted by Gasteiger charge is -2.36. The molecule has 0 radical (unpaired) electrons. The predicted octanol–water partition coefficient (Wildman–Crippen LogP) is 2.33. The van der Waals surface area contributed by atoms with Crippen LogP contribution in [0.3, 0.4) is 0 Å². The molecule has 0 spiro atoms. The van der Waals surface area contributed by atoms with Gasteiger partial charge in [-0.05, 0) is 23.8 Å². The largest absolute Gasteiger partial charge is 0.378 e. The van der Waals surface area contributed by atoms with Gasteiger partial charge in [-0.3, -0.25) is 4.79 Å². The molecule has 0 saturated carbocycles. The van der Waals surface area contributed by atoms with E-state index in [2.05, 4.69) is 26.1 Å². The number of benzene rings is 1. The molecule has 1 aromatic carbocycles. The van der Waals surface area contributed by atoms with Crippen LogP contribution in [0.15, 0.2) is 42.6 Å². The number of aromatic nitrogens is 2. The molecule has 0 aliphatic carbocycles. The number of rotatable bonds is 4. The number of ether oxygens (including phenoxy) is 1. The van der Waals surface area contributed by atoms with Gasteiger partial charge in [-0.2, -0.15) is 5.10 Å². The van der Waals surface area contributed by atoms with Gasteiger partial charge in [0.2, 0.25) is 5.91 Å². The van der Waals surface area contributed by atoms with Crippen molar-refractivity contribution in [2.75, 3.05) is 62.3 Å². The molecule has 0 N–H and O–H groups in total. The minimum absolute atomic E-state index is 0.0291. The number of hydrogen-bond donors (Lipinski definition) is 0. The number of hydrogen-bond acceptors (Lipinski definition) is 6. The van der Waals surface area contributed by atoms with Crippen LogP contribution in [0.5, 0.6) is 0 Å². The van der Waals surface area contributed by atoms with Gasteiger partial charge in [0.25, 0.3) is 0 Å². The quantitative estimate of drug-likeness (QED) is 0.717. The fourth-order valence-corrected chi connectivity index (χ4v) is 3.62. The van der Waals surface area contributed by atoms with Gasteiger partial charge in [-0.25, -0.2) is 0 Å². The lowest BCUT2D eigenvalue weighted by atomic mass is 10.2. The Morgan fingerprint density at radius 2 is 1.72 bits per heavy atom. The maximum atomic E-state index is 12.5. The predicted molar refractivity (Wildman–Crippen MR) is 114 cm³/mol. The van der Waals surface area contributed by atoms with E-state index in [1.807, 2.05) is 35.2 Å². The molecular weight excluding hydrogens is 390 g/mol. The second kappa shape index (κ2) is 9.24. The Kier molecular flexibility index (Phi) is 6.27. The zero-order valence-corrected chi connectivity index (χ0v) is 17.0. The van der Waals surface area contributed by atoms with Crippen molar-refractivity contribution in [1.29, 1.82) is 0 Å². The SMILES string of the molecule is O=C(/C=C/c1ccc(Cl)cc1)N1CCN(c2cnnc(N3CCOCC3)c2)CC1. The van der Waals surface area contributed by atoms with Gasteiger partial charge in [0.15, 0.2) is 5.82 Å². The van der Waals surface area contributed by atoms with E-state index in [1.165, 1.54) is 0 Å². The van der Waals surface area contributed by atoms with Crippen LogP contribution < -0.4 is 9.80 Å². The highest BCUT2D eigenvalue weighted by atomic mass is 35.5. The highest BCUT2D eigenvalue weighted by Gasteiger charge is 2.21. The number of morpholine rings is 1. The fraction of sp³-hybridized carbons (Fsp3) is 0.381. The fourth-order valence-electron chi connectivity index (χ4n) is 3.50. The first-order chi connectivity index (χ1) is 14.2. The van der Waals surface area contributed by atoms with Gasteiger partial charge >= 0.3 is 0 Å². The number of anilines is 2. The molecule has 8 heteroatoms. The van der Waals surface area contributed by atoms with Crippen molar-refractivity contribution < 1.29 is 9.53 Å². The molecule has 2 aromatic rings. The number of piperazine rings is 1. The lowest BCUT2D eigenvalue weighted by molar-refractivity contribution is -0.126. The van der Waals surface area contributed by atoms with Gasteiger partial charge in [0, 0.05) is 56.4 Å². The molecule has 4 rings (SSSR count). The van der Waals surface area contributed by atoms with E-state index in [4.69, 9.17) is 16.3 Å². The Morgan fingerprint density at radius 3 is 2.45 bits per heavy atom. The molecule has 1 aromatic heterocycles. The molecule has 29 heavy (non-hydrogen) atoms. The topological polar surface area (TPSA) is 61.8 Å². The molecule has 0 atom stereocenters. The van der Waals surface area contributed by atoms with Crippen LogP contribution in [-0.4, -0.2) is 73.5 Å². The summed E-state index contributed by atoms with van der Waals surface area (Å²) in [6.07, 6.45) is 5.25. The van der Waals surface area contributed by atoms with E-state index in [9.17, 15) is 4.79 Å². The van der Waals surface area contributed by atoms with E-state index in [0.29, 0.717) is 18.1 Å². The number of halogens is 1. The maximum Gasteiger partial charge on any atom is 0.246 e. The van der Waals surface area contributed by atoms with Crippen LogP contribution >= 0.6 is 11.6 Å². The standard InChI is InChI=1S/C21H24ClN5O2/c22-18-4-1-17(2-5-18)3-6-21(28)27-9-7-25(8-10-27)19-15-20(24-23-16-19)26-11-13-29-14-12-26/h1-6,15-16H,7-14H2/b6-3+. The summed E-state index contributed by atoms with van der Waals surface area (Å²) in [6, 6.07) is 9.51. The van der Waals surface area contributed by atoms with E-state index in [1.54, 1.807) is 12.3 Å². The summed E-state index contributed by atoms with van der Waals surface area (Å²) in [5.74, 6) is 0.914. The molecular formula is C21H24ClN5O2. The van der Waals surface area contributed by atoms with Gasteiger partial charge < -0.3 is 19.4 Å². The first kappa shape index (κ1) is 19.7. The van der Waals surface area contributed by atoms with Crippen LogP contribution in [0.2, 0.25) is 5.02 Å². The molecule has 2 fully saturated rings. The van der Waals surface area contributed by atoms with Gasteiger partial charge in [-0.1, -0.05) is 23.7 Å². The van der Waals surface area contributed by atoms with Crippen molar-refractivity contribution in [2.45, 2.75) is 0 Å². The first-order valence-corrected chi connectivity index (χ1v) is 10.2. The normalized spacial score (nSPS) is 17.8. The summed E-state index contributed by atoms with van der Waals surface area (Å²) in [4.78, 5) is 18.8. The van der Waals surface area contributed by atoms with Gasteiger partial charge in [0.1, 0.15) is 0 Å². The third kappa shape index (κ3) is 5.05. The Bertz CT molecular complexity index is 860. The van der Waals surface area contributed by atoms with Crippen molar-refractivity contribution >= 4 is 35.1 Å². The average Bonchev–Trinajstić information content (AvgIpc) is 2.79. The summed E-state index contributed by atoms with van der Waals surface area (Å²) in [6.45, 7) is 6.01. The summed E-state index contributed by atoms with van der Waals surface area (Å²) in [7, 11) is 0. The number of carbonyl (C=O) groups excluding carboxylic acids is 1. The Balaban J connectivity index is 1.33. The minimum Gasteiger partial charge on any atom is -0.378 e. The second-order valence-corrected chi connectivity index (χ2v) is 7.51. The molecule has 2 aliphatic heterocycles. The molecule has 3 heterocycles. The van der Waals surface area contributed by atoms with Crippen LogP contribution in [0.4, 0.5) is 11.5 Å².